The van der Waals surface area contributed by atoms with Crippen LogP contribution in [-0.2, 0) is 0 Å². The number of furan rings is 1. The fourth-order valence-electron chi connectivity index (χ4n) is 2.26. The van der Waals surface area contributed by atoms with Crippen molar-refractivity contribution in [3.8, 4) is 0 Å². The Bertz CT molecular complexity index is 370. The molecule has 0 bridgehead atoms. The Hall–Kier alpha value is -1.06. The van der Waals surface area contributed by atoms with Crippen molar-refractivity contribution < 1.29 is 9.52 Å². The van der Waals surface area contributed by atoms with Gasteiger partial charge in [0.15, 0.2) is 0 Å². The maximum absolute atomic E-state index is 9.05. The van der Waals surface area contributed by atoms with Crippen molar-refractivity contribution in [2.45, 2.75) is 32.4 Å². The van der Waals surface area contributed by atoms with E-state index in [0.29, 0.717) is 12.0 Å². The molecule has 0 aliphatic heterocycles. The number of hydrogen-bond acceptors (Lipinski definition) is 3. The molecular weight excluding hydrogens is 202 g/mol. The Morgan fingerprint density at radius 2 is 2.38 bits per heavy atom. The maximum atomic E-state index is 9.05. The molecule has 2 rings (SSSR count). The van der Waals surface area contributed by atoms with Crippen LogP contribution in [0.1, 0.15) is 30.7 Å². The first-order valence-corrected chi connectivity index (χ1v) is 5.80. The minimum atomic E-state index is 0.210. The van der Waals surface area contributed by atoms with E-state index in [1.807, 2.05) is 6.07 Å². The van der Waals surface area contributed by atoms with E-state index in [0.717, 1.165) is 12.2 Å². The fourth-order valence-corrected chi connectivity index (χ4v) is 2.26. The van der Waals surface area contributed by atoms with Crippen LogP contribution in [-0.4, -0.2) is 17.8 Å². The Morgan fingerprint density at radius 3 is 2.94 bits per heavy atom. The molecule has 0 fully saturated rings. The van der Waals surface area contributed by atoms with Crippen LogP contribution in [0.5, 0.6) is 0 Å². The maximum Gasteiger partial charge on any atom is 0.123 e. The summed E-state index contributed by atoms with van der Waals surface area (Å²) in [5.41, 5.74) is 1.18. The van der Waals surface area contributed by atoms with Crippen LogP contribution in [0.15, 0.2) is 28.9 Å². The van der Waals surface area contributed by atoms with Gasteiger partial charge in [0.2, 0.25) is 0 Å². The quantitative estimate of drug-likeness (QED) is 0.766. The van der Waals surface area contributed by atoms with Gasteiger partial charge >= 0.3 is 0 Å². The normalized spacial score (nSPS) is 26.2. The lowest BCUT2D eigenvalue weighted by atomic mass is 10.1. The first kappa shape index (κ1) is 11.4. The lowest BCUT2D eigenvalue weighted by Gasteiger charge is -2.18. The van der Waals surface area contributed by atoms with Gasteiger partial charge in [-0.05, 0) is 31.9 Å². The van der Waals surface area contributed by atoms with Gasteiger partial charge < -0.3 is 14.8 Å². The Morgan fingerprint density at radius 1 is 1.56 bits per heavy atom. The molecule has 0 aromatic carbocycles. The van der Waals surface area contributed by atoms with Crippen molar-refractivity contribution in [2.75, 3.05) is 6.61 Å². The number of aryl methyl sites for hydroxylation is 1. The fraction of sp³-hybridized carbons (Fsp3) is 0.538. The van der Waals surface area contributed by atoms with Gasteiger partial charge in [0, 0.05) is 18.6 Å². The van der Waals surface area contributed by atoms with Crippen molar-refractivity contribution in [2.24, 2.45) is 5.92 Å². The molecule has 1 aliphatic rings. The number of aliphatic hydroxyl groups excluding tert-OH is 1. The minimum absolute atomic E-state index is 0.210. The van der Waals surface area contributed by atoms with Crippen molar-refractivity contribution >= 4 is 0 Å². The summed E-state index contributed by atoms with van der Waals surface area (Å²) in [7, 11) is 0. The minimum Gasteiger partial charge on any atom is -0.467 e. The molecule has 1 aromatic heterocycles. The van der Waals surface area contributed by atoms with Gasteiger partial charge in [0.05, 0.1) is 12.3 Å². The van der Waals surface area contributed by atoms with E-state index in [1.54, 1.807) is 6.26 Å². The third-order valence-corrected chi connectivity index (χ3v) is 3.17. The van der Waals surface area contributed by atoms with Crippen molar-refractivity contribution in [1.82, 2.24) is 5.32 Å². The van der Waals surface area contributed by atoms with E-state index in [4.69, 9.17) is 9.52 Å². The molecule has 3 nitrogen and oxygen atoms in total. The van der Waals surface area contributed by atoms with Gasteiger partial charge in [0.1, 0.15) is 5.76 Å². The lowest BCUT2D eigenvalue weighted by Crippen LogP contribution is -2.29. The molecule has 0 amide bonds. The van der Waals surface area contributed by atoms with E-state index < -0.39 is 0 Å². The van der Waals surface area contributed by atoms with Gasteiger partial charge in [-0.15, -0.1) is 0 Å². The smallest absolute Gasteiger partial charge is 0.123 e. The van der Waals surface area contributed by atoms with Gasteiger partial charge in [0.25, 0.3) is 0 Å². The first-order chi connectivity index (χ1) is 7.70. The Balaban J connectivity index is 1.92. The van der Waals surface area contributed by atoms with E-state index in [1.165, 1.54) is 5.56 Å². The van der Waals surface area contributed by atoms with E-state index in [9.17, 15) is 0 Å². The molecule has 1 unspecified atom stereocenters. The highest BCUT2D eigenvalue weighted by molar-refractivity contribution is 5.18. The summed E-state index contributed by atoms with van der Waals surface area (Å²) in [6.45, 7) is 4.40. The molecule has 1 aliphatic carbocycles. The molecule has 1 heterocycles. The number of rotatable bonds is 4. The van der Waals surface area contributed by atoms with Crippen LogP contribution in [0.4, 0.5) is 0 Å². The molecular formula is C13H19NO2. The Labute approximate surface area is 96.2 Å². The zero-order valence-corrected chi connectivity index (χ0v) is 9.81. The van der Waals surface area contributed by atoms with E-state index in [2.05, 4.69) is 31.3 Å². The van der Waals surface area contributed by atoms with Crippen LogP contribution in [0.2, 0.25) is 0 Å². The monoisotopic (exact) mass is 221 g/mol. The third kappa shape index (κ3) is 2.36. The molecule has 0 spiro atoms. The highest BCUT2D eigenvalue weighted by atomic mass is 16.3. The summed E-state index contributed by atoms with van der Waals surface area (Å²) in [5.74, 6) is 1.31. The molecule has 3 heteroatoms. The number of aliphatic hydroxyl groups is 1. The average Bonchev–Trinajstić information content (AvgIpc) is 2.86. The predicted octanol–water partition coefficient (Wildman–Crippen LogP) is 2.18. The largest absolute Gasteiger partial charge is 0.467 e. The van der Waals surface area contributed by atoms with Crippen molar-refractivity contribution in [3.05, 3.63) is 35.8 Å². The zero-order chi connectivity index (χ0) is 11.5. The molecule has 2 N–H and O–H groups in total. The average molecular weight is 221 g/mol. The SMILES string of the molecule is Cc1ccoc1C(C)N[C@@H]1C=C[C@H](CO)C1. The molecule has 88 valence electrons. The van der Waals surface area contributed by atoms with Gasteiger partial charge in [-0.3, -0.25) is 0 Å². The Kier molecular flexibility index (Phi) is 3.46. The van der Waals surface area contributed by atoms with Gasteiger partial charge in [-0.2, -0.15) is 0 Å². The predicted molar refractivity (Wildman–Crippen MR) is 63.1 cm³/mol. The highest BCUT2D eigenvalue weighted by Crippen LogP contribution is 2.23. The summed E-state index contributed by atoms with van der Waals surface area (Å²) in [6, 6.07) is 2.54. The number of hydrogen-bond donors (Lipinski definition) is 2. The second-order valence-electron chi connectivity index (χ2n) is 4.53. The number of nitrogens with one attached hydrogen (secondary N) is 1. The summed E-state index contributed by atoms with van der Waals surface area (Å²) in [6.07, 6.45) is 6.92. The van der Waals surface area contributed by atoms with Crippen LogP contribution >= 0.6 is 0 Å². The molecule has 16 heavy (non-hydrogen) atoms. The molecule has 0 saturated heterocycles. The molecule has 0 saturated carbocycles. The second kappa shape index (κ2) is 4.85. The summed E-state index contributed by atoms with van der Waals surface area (Å²) in [4.78, 5) is 0. The molecule has 0 radical (unpaired) electrons. The lowest BCUT2D eigenvalue weighted by molar-refractivity contribution is 0.244. The molecule has 3 atom stereocenters. The van der Waals surface area contributed by atoms with Crippen molar-refractivity contribution in [1.29, 1.82) is 0 Å². The summed E-state index contributed by atoms with van der Waals surface area (Å²) >= 11 is 0. The van der Waals surface area contributed by atoms with Crippen LogP contribution < -0.4 is 5.32 Å². The standard InChI is InChI=1S/C13H19NO2/c1-9-5-6-16-13(9)10(2)14-12-4-3-11(7-12)8-15/h3-6,10-12,14-15H,7-8H2,1-2H3/t10?,11-,12+/m0/s1. The topological polar surface area (TPSA) is 45.4 Å². The first-order valence-electron chi connectivity index (χ1n) is 5.80. The van der Waals surface area contributed by atoms with Gasteiger partial charge in [-0.25, -0.2) is 0 Å². The van der Waals surface area contributed by atoms with Crippen LogP contribution in [0.25, 0.3) is 0 Å². The van der Waals surface area contributed by atoms with Crippen LogP contribution in [0, 0.1) is 12.8 Å². The second-order valence-corrected chi connectivity index (χ2v) is 4.53. The van der Waals surface area contributed by atoms with E-state index >= 15 is 0 Å². The third-order valence-electron chi connectivity index (χ3n) is 3.17. The summed E-state index contributed by atoms with van der Waals surface area (Å²) < 4.78 is 5.45. The van der Waals surface area contributed by atoms with Gasteiger partial charge in [-0.1, -0.05) is 12.2 Å². The zero-order valence-electron chi connectivity index (χ0n) is 9.81. The van der Waals surface area contributed by atoms with E-state index in [-0.39, 0.29) is 12.6 Å². The summed E-state index contributed by atoms with van der Waals surface area (Å²) in [5, 5.41) is 12.5. The van der Waals surface area contributed by atoms with Crippen LogP contribution in [0.3, 0.4) is 0 Å². The van der Waals surface area contributed by atoms with Crippen molar-refractivity contribution in [3.63, 3.8) is 0 Å². The molecule has 1 aromatic rings. The highest BCUT2D eigenvalue weighted by Gasteiger charge is 2.21.